The molecule has 0 saturated carbocycles. The van der Waals surface area contributed by atoms with Crippen molar-refractivity contribution in [2.45, 2.75) is 0 Å². The Kier molecular flexibility index (Phi) is 3.72. The first-order chi connectivity index (χ1) is 10.5. The minimum absolute atomic E-state index is 0.127. The quantitative estimate of drug-likeness (QED) is 0.749. The Bertz CT molecular complexity index is 931. The molecule has 3 aromatic rings. The van der Waals surface area contributed by atoms with Crippen molar-refractivity contribution in [3.8, 4) is 22.8 Å². The van der Waals surface area contributed by atoms with Gasteiger partial charge in [-0.15, -0.1) is 0 Å². The molecule has 0 atom stereocenters. The number of hydrogen-bond donors (Lipinski definition) is 1. The van der Waals surface area contributed by atoms with Gasteiger partial charge in [-0.25, -0.2) is 0 Å². The van der Waals surface area contributed by atoms with Crippen molar-refractivity contribution in [2.24, 2.45) is 0 Å². The number of phenolic OH excluding ortho intramolecular Hbond substituents is 1. The fourth-order valence-electron chi connectivity index (χ4n) is 2.22. The second-order valence-electron chi connectivity index (χ2n) is 4.57. The molecule has 1 N–H and O–H groups in total. The third-order valence-electron chi connectivity index (χ3n) is 3.26. The van der Waals surface area contributed by atoms with Crippen molar-refractivity contribution >= 4 is 34.2 Å². The van der Waals surface area contributed by atoms with Gasteiger partial charge in [-0.05, 0) is 24.3 Å². The maximum absolute atomic E-state index is 12.2. The number of ether oxygens (including phenoxy) is 1. The van der Waals surface area contributed by atoms with Crippen molar-refractivity contribution in [3.05, 3.63) is 56.7 Å². The Hall–Kier alpha value is -2.17. The number of halogens is 2. The van der Waals surface area contributed by atoms with Gasteiger partial charge in [0.25, 0.3) is 0 Å². The van der Waals surface area contributed by atoms with Crippen LogP contribution in [0.3, 0.4) is 0 Å². The Morgan fingerprint density at radius 2 is 1.91 bits per heavy atom. The zero-order valence-electron chi connectivity index (χ0n) is 11.4. The average molecular weight is 337 g/mol. The normalized spacial score (nSPS) is 10.9. The standard InChI is InChI=1S/C16H10Cl2O4/c1-21-16-9(5-6-10(17)14(16)20)13-7-12(19)8-3-2-4-11(18)15(8)22-13/h2-7,20H,1H3. The third-order valence-corrected chi connectivity index (χ3v) is 3.86. The Morgan fingerprint density at radius 3 is 2.64 bits per heavy atom. The van der Waals surface area contributed by atoms with Gasteiger partial charge >= 0.3 is 0 Å². The number of hydrogen-bond acceptors (Lipinski definition) is 4. The SMILES string of the molecule is COc1c(-c2cc(=O)c3cccc(Cl)c3o2)ccc(Cl)c1O. The van der Waals surface area contributed by atoms with Crippen LogP contribution in [0.15, 0.2) is 45.6 Å². The maximum Gasteiger partial charge on any atom is 0.193 e. The number of fused-ring (bicyclic) bond motifs is 1. The molecule has 0 saturated heterocycles. The van der Waals surface area contributed by atoms with E-state index in [2.05, 4.69) is 0 Å². The summed E-state index contributed by atoms with van der Waals surface area (Å²) in [6.45, 7) is 0. The molecular weight excluding hydrogens is 327 g/mol. The van der Waals surface area contributed by atoms with E-state index in [0.717, 1.165) is 0 Å². The van der Waals surface area contributed by atoms with E-state index in [-0.39, 0.29) is 33.3 Å². The number of methoxy groups -OCH3 is 1. The summed E-state index contributed by atoms with van der Waals surface area (Å²) in [4.78, 5) is 12.2. The number of aromatic hydroxyl groups is 1. The predicted molar refractivity (Wildman–Crippen MR) is 86.2 cm³/mol. The number of rotatable bonds is 2. The summed E-state index contributed by atoms with van der Waals surface area (Å²) in [6, 6.07) is 9.35. The van der Waals surface area contributed by atoms with Crippen LogP contribution in [0.5, 0.6) is 11.5 Å². The number of benzene rings is 2. The molecule has 0 aliphatic carbocycles. The molecule has 0 amide bonds. The second kappa shape index (κ2) is 5.55. The van der Waals surface area contributed by atoms with Gasteiger partial charge < -0.3 is 14.3 Å². The summed E-state index contributed by atoms with van der Waals surface area (Å²) >= 11 is 11.9. The van der Waals surface area contributed by atoms with Gasteiger partial charge in [0, 0.05) is 6.07 Å². The van der Waals surface area contributed by atoms with Crippen molar-refractivity contribution in [1.29, 1.82) is 0 Å². The van der Waals surface area contributed by atoms with Crippen LogP contribution in [0, 0.1) is 0 Å². The van der Waals surface area contributed by atoms with E-state index in [9.17, 15) is 9.90 Å². The van der Waals surface area contributed by atoms with Crippen LogP contribution < -0.4 is 10.2 Å². The van der Waals surface area contributed by atoms with Crippen LogP contribution in [0.4, 0.5) is 0 Å². The van der Waals surface area contributed by atoms with Crippen LogP contribution in [-0.4, -0.2) is 12.2 Å². The third kappa shape index (κ3) is 2.30. The summed E-state index contributed by atoms with van der Waals surface area (Å²) in [7, 11) is 1.39. The molecular formula is C16H10Cl2O4. The summed E-state index contributed by atoms with van der Waals surface area (Å²) < 4.78 is 10.9. The van der Waals surface area contributed by atoms with Gasteiger partial charge in [0.05, 0.1) is 28.1 Å². The largest absolute Gasteiger partial charge is 0.503 e. The van der Waals surface area contributed by atoms with Crippen molar-refractivity contribution in [3.63, 3.8) is 0 Å². The van der Waals surface area contributed by atoms with E-state index in [4.69, 9.17) is 32.4 Å². The lowest BCUT2D eigenvalue weighted by Gasteiger charge is -2.11. The lowest BCUT2D eigenvalue weighted by molar-refractivity contribution is 0.374. The molecule has 0 spiro atoms. The molecule has 0 fully saturated rings. The topological polar surface area (TPSA) is 59.7 Å². The van der Waals surface area contributed by atoms with Crippen LogP contribution in [0.25, 0.3) is 22.3 Å². The molecule has 4 nitrogen and oxygen atoms in total. The Balaban J connectivity index is 2.35. The molecule has 0 unspecified atom stereocenters. The highest BCUT2D eigenvalue weighted by Crippen LogP contribution is 2.42. The molecule has 0 aliphatic rings. The van der Waals surface area contributed by atoms with Crippen molar-refractivity contribution in [2.75, 3.05) is 7.11 Å². The molecule has 1 heterocycles. The van der Waals surface area contributed by atoms with Crippen LogP contribution in [-0.2, 0) is 0 Å². The van der Waals surface area contributed by atoms with Crippen LogP contribution in [0.1, 0.15) is 0 Å². The summed E-state index contributed by atoms with van der Waals surface area (Å²) in [5.74, 6) is 0.139. The average Bonchev–Trinajstić information content (AvgIpc) is 2.50. The number of phenols is 1. The van der Waals surface area contributed by atoms with Gasteiger partial charge in [-0.3, -0.25) is 4.79 Å². The molecule has 112 valence electrons. The summed E-state index contributed by atoms with van der Waals surface area (Å²) in [5.41, 5.74) is 0.446. The summed E-state index contributed by atoms with van der Waals surface area (Å²) in [6.07, 6.45) is 0. The minimum atomic E-state index is -0.241. The minimum Gasteiger partial charge on any atom is -0.503 e. The molecule has 0 radical (unpaired) electrons. The smallest absolute Gasteiger partial charge is 0.193 e. The monoisotopic (exact) mass is 336 g/mol. The first-order valence-corrected chi connectivity index (χ1v) is 7.06. The highest BCUT2D eigenvalue weighted by atomic mass is 35.5. The van der Waals surface area contributed by atoms with Crippen LogP contribution >= 0.6 is 23.2 Å². The van der Waals surface area contributed by atoms with E-state index in [0.29, 0.717) is 16.0 Å². The Morgan fingerprint density at radius 1 is 1.14 bits per heavy atom. The number of para-hydroxylation sites is 1. The fraction of sp³-hybridized carbons (Fsp3) is 0.0625. The fourth-order valence-corrected chi connectivity index (χ4v) is 2.59. The predicted octanol–water partition coefficient (Wildman–Crippen LogP) is 4.48. The molecule has 3 rings (SSSR count). The first-order valence-electron chi connectivity index (χ1n) is 6.31. The highest BCUT2D eigenvalue weighted by molar-refractivity contribution is 6.34. The molecule has 22 heavy (non-hydrogen) atoms. The van der Waals surface area contributed by atoms with Gasteiger partial charge in [-0.1, -0.05) is 29.3 Å². The first kappa shape index (κ1) is 14.8. The van der Waals surface area contributed by atoms with Crippen molar-refractivity contribution < 1.29 is 14.3 Å². The second-order valence-corrected chi connectivity index (χ2v) is 5.38. The lowest BCUT2D eigenvalue weighted by Crippen LogP contribution is -2.01. The Labute approximate surface area is 135 Å². The van der Waals surface area contributed by atoms with E-state index in [1.54, 1.807) is 24.3 Å². The van der Waals surface area contributed by atoms with Gasteiger partial charge in [-0.2, -0.15) is 0 Å². The van der Waals surface area contributed by atoms with E-state index in [1.807, 2.05) is 0 Å². The lowest BCUT2D eigenvalue weighted by atomic mass is 10.1. The van der Waals surface area contributed by atoms with Gasteiger partial charge in [0.2, 0.25) is 0 Å². The summed E-state index contributed by atoms with van der Waals surface area (Å²) in [5, 5.41) is 10.8. The van der Waals surface area contributed by atoms with Gasteiger partial charge in [0.1, 0.15) is 5.76 Å². The highest BCUT2D eigenvalue weighted by Gasteiger charge is 2.17. The zero-order valence-corrected chi connectivity index (χ0v) is 12.9. The molecule has 1 aromatic heterocycles. The van der Waals surface area contributed by atoms with E-state index >= 15 is 0 Å². The molecule has 6 heteroatoms. The zero-order chi connectivity index (χ0) is 15.9. The molecule has 0 aliphatic heterocycles. The maximum atomic E-state index is 12.2. The van der Waals surface area contributed by atoms with Crippen LogP contribution in [0.2, 0.25) is 10.0 Å². The van der Waals surface area contributed by atoms with Crippen molar-refractivity contribution in [1.82, 2.24) is 0 Å². The van der Waals surface area contributed by atoms with E-state index < -0.39 is 0 Å². The van der Waals surface area contributed by atoms with Gasteiger partial charge in [0.15, 0.2) is 22.5 Å². The molecule has 0 bridgehead atoms. The van der Waals surface area contributed by atoms with E-state index in [1.165, 1.54) is 19.2 Å². The molecule has 2 aromatic carbocycles.